The zero-order valence-electron chi connectivity index (χ0n) is 9.49. The summed E-state index contributed by atoms with van der Waals surface area (Å²) in [4.78, 5) is 11.9. The Labute approximate surface area is 90.5 Å². The molecule has 1 aromatic heterocycles. The van der Waals surface area contributed by atoms with E-state index in [1.54, 1.807) is 0 Å². The lowest BCUT2D eigenvalue weighted by Crippen LogP contribution is -2.09. The van der Waals surface area contributed by atoms with Crippen LogP contribution in [0.25, 0.3) is 0 Å². The van der Waals surface area contributed by atoms with E-state index in [4.69, 9.17) is 0 Å². The molecule has 0 aromatic carbocycles. The van der Waals surface area contributed by atoms with Gasteiger partial charge < -0.3 is 0 Å². The van der Waals surface area contributed by atoms with E-state index in [0.717, 1.165) is 30.8 Å². The van der Waals surface area contributed by atoms with Crippen LogP contribution in [-0.2, 0) is 13.0 Å². The Balaban J connectivity index is 2.16. The van der Waals surface area contributed by atoms with Crippen LogP contribution in [0.2, 0.25) is 0 Å². The minimum Gasteiger partial charge on any atom is -0.292 e. The largest absolute Gasteiger partial charge is 0.292 e. The number of ketones is 1. The van der Waals surface area contributed by atoms with Crippen molar-refractivity contribution in [2.75, 3.05) is 0 Å². The second kappa shape index (κ2) is 4.17. The SMILES string of the molecule is CCc1cc(C(=O)CC2CC2)n(CC)n1. The number of nitrogens with zero attached hydrogens (tertiary/aromatic N) is 2. The van der Waals surface area contributed by atoms with Crippen LogP contribution in [0.15, 0.2) is 6.07 Å². The first-order valence-corrected chi connectivity index (χ1v) is 5.84. The highest BCUT2D eigenvalue weighted by Crippen LogP contribution is 2.33. The molecule has 1 aliphatic carbocycles. The van der Waals surface area contributed by atoms with E-state index in [0.29, 0.717) is 5.92 Å². The second-order valence-corrected chi connectivity index (χ2v) is 4.26. The minimum absolute atomic E-state index is 0.270. The molecule has 0 unspecified atom stereocenters. The topological polar surface area (TPSA) is 34.9 Å². The Bertz CT molecular complexity index is 364. The molecule has 1 saturated carbocycles. The van der Waals surface area contributed by atoms with E-state index in [-0.39, 0.29) is 5.78 Å². The summed E-state index contributed by atoms with van der Waals surface area (Å²) in [5, 5.41) is 4.39. The van der Waals surface area contributed by atoms with Crippen molar-refractivity contribution in [1.82, 2.24) is 9.78 Å². The smallest absolute Gasteiger partial charge is 0.181 e. The Morgan fingerprint density at radius 3 is 2.80 bits per heavy atom. The molecule has 0 amide bonds. The molecule has 82 valence electrons. The van der Waals surface area contributed by atoms with E-state index in [2.05, 4.69) is 12.0 Å². The zero-order chi connectivity index (χ0) is 10.8. The number of carbonyl (C=O) groups is 1. The molecule has 0 saturated heterocycles. The lowest BCUT2D eigenvalue weighted by Gasteiger charge is -2.02. The lowest BCUT2D eigenvalue weighted by atomic mass is 10.1. The zero-order valence-corrected chi connectivity index (χ0v) is 9.49. The van der Waals surface area contributed by atoms with Crippen LogP contribution in [0, 0.1) is 5.92 Å². The van der Waals surface area contributed by atoms with Crippen molar-refractivity contribution in [2.24, 2.45) is 5.92 Å². The quantitative estimate of drug-likeness (QED) is 0.693. The first-order chi connectivity index (χ1) is 7.24. The van der Waals surface area contributed by atoms with Crippen molar-refractivity contribution < 1.29 is 4.79 Å². The van der Waals surface area contributed by atoms with E-state index >= 15 is 0 Å². The van der Waals surface area contributed by atoms with Gasteiger partial charge in [-0.05, 0) is 38.2 Å². The van der Waals surface area contributed by atoms with Crippen LogP contribution >= 0.6 is 0 Å². The number of carbonyl (C=O) groups excluding carboxylic acids is 1. The fraction of sp³-hybridized carbons (Fsp3) is 0.667. The van der Waals surface area contributed by atoms with Crippen molar-refractivity contribution in [3.8, 4) is 0 Å². The molecule has 0 aliphatic heterocycles. The Morgan fingerprint density at radius 2 is 2.27 bits per heavy atom. The molecule has 0 radical (unpaired) electrons. The summed E-state index contributed by atoms with van der Waals surface area (Å²) in [6.07, 6.45) is 4.07. The molecule has 15 heavy (non-hydrogen) atoms. The van der Waals surface area contributed by atoms with Crippen molar-refractivity contribution in [1.29, 1.82) is 0 Å². The summed E-state index contributed by atoms with van der Waals surface area (Å²) in [5.74, 6) is 0.925. The highest BCUT2D eigenvalue weighted by molar-refractivity contribution is 5.94. The highest BCUT2D eigenvalue weighted by Gasteiger charge is 2.26. The summed E-state index contributed by atoms with van der Waals surface area (Å²) in [5.41, 5.74) is 1.83. The van der Waals surface area contributed by atoms with Gasteiger partial charge in [0.1, 0.15) is 5.69 Å². The average molecular weight is 206 g/mol. The number of hydrogen-bond donors (Lipinski definition) is 0. The third-order valence-corrected chi connectivity index (χ3v) is 2.95. The van der Waals surface area contributed by atoms with Gasteiger partial charge in [0.25, 0.3) is 0 Å². The van der Waals surface area contributed by atoms with Crippen molar-refractivity contribution in [3.05, 3.63) is 17.5 Å². The van der Waals surface area contributed by atoms with Gasteiger partial charge in [-0.2, -0.15) is 5.10 Å². The van der Waals surface area contributed by atoms with Crippen molar-refractivity contribution in [3.63, 3.8) is 0 Å². The van der Waals surface area contributed by atoms with Gasteiger partial charge >= 0.3 is 0 Å². The van der Waals surface area contributed by atoms with Gasteiger partial charge in [0, 0.05) is 13.0 Å². The maximum Gasteiger partial charge on any atom is 0.181 e. The van der Waals surface area contributed by atoms with E-state index < -0.39 is 0 Å². The van der Waals surface area contributed by atoms with Crippen LogP contribution in [0.4, 0.5) is 0 Å². The van der Waals surface area contributed by atoms with E-state index in [1.807, 2.05) is 17.7 Å². The Hall–Kier alpha value is -1.12. The molecule has 1 heterocycles. The van der Waals surface area contributed by atoms with Crippen molar-refractivity contribution >= 4 is 5.78 Å². The predicted octanol–water partition coefficient (Wildman–Crippen LogP) is 2.45. The fourth-order valence-corrected chi connectivity index (χ4v) is 1.80. The summed E-state index contributed by atoms with van der Waals surface area (Å²) in [6.45, 7) is 4.88. The normalized spacial score (nSPS) is 15.6. The number of rotatable bonds is 5. The Kier molecular flexibility index (Phi) is 2.89. The molecule has 2 rings (SSSR count). The standard InChI is InChI=1S/C12H18N2O/c1-3-10-8-11(14(4-2)13-10)12(15)7-9-5-6-9/h8-9H,3-7H2,1-2H3. The number of hydrogen-bond acceptors (Lipinski definition) is 2. The van der Waals surface area contributed by atoms with Crippen LogP contribution in [-0.4, -0.2) is 15.6 Å². The summed E-state index contributed by atoms with van der Waals surface area (Å²) < 4.78 is 1.84. The highest BCUT2D eigenvalue weighted by atomic mass is 16.1. The van der Waals surface area contributed by atoms with Gasteiger partial charge in [-0.1, -0.05) is 6.92 Å². The lowest BCUT2D eigenvalue weighted by molar-refractivity contribution is 0.0965. The van der Waals surface area contributed by atoms with E-state index in [1.165, 1.54) is 12.8 Å². The molecule has 3 nitrogen and oxygen atoms in total. The fourth-order valence-electron chi connectivity index (χ4n) is 1.80. The molecule has 0 atom stereocenters. The van der Waals surface area contributed by atoms with Gasteiger partial charge in [-0.3, -0.25) is 9.48 Å². The van der Waals surface area contributed by atoms with Gasteiger partial charge in [-0.25, -0.2) is 0 Å². The summed E-state index contributed by atoms with van der Waals surface area (Å²) >= 11 is 0. The van der Waals surface area contributed by atoms with Crippen LogP contribution in [0.3, 0.4) is 0 Å². The van der Waals surface area contributed by atoms with Crippen LogP contribution in [0.5, 0.6) is 0 Å². The maximum atomic E-state index is 11.9. The summed E-state index contributed by atoms with van der Waals surface area (Å²) in [7, 11) is 0. The van der Waals surface area contributed by atoms with Gasteiger partial charge in [-0.15, -0.1) is 0 Å². The number of aryl methyl sites for hydroxylation is 2. The molecule has 3 heteroatoms. The predicted molar refractivity (Wildman–Crippen MR) is 59.0 cm³/mol. The molecule has 1 aliphatic rings. The van der Waals surface area contributed by atoms with Crippen LogP contribution < -0.4 is 0 Å². The van der Waals surface area contributed by atoms with Gasteiger partial charge in [0.15, 0.2) is 5.78 Å². The van der Waals surface area contributed by atoms with Gasteiger partial charge in [0.05, 0.1) is 5.69 Å². The number of Topliss-reactive ketones (excluding diaryl/α,β-unsaturated/α-hetero) is 1. The maximum absolute atomic E-state index is 11.9. The average Bonchev–Trinajstić information content (AvgIpc) is 2.95. The third-order valence-electron chi connectivity index (χ3n) is 2.95. The van der Waals surface area contributed by atoms with Crippen LogP contribution in [0.1, 0.15) is 49.3 Å². The molecule has 0 spiro atoms. The molecule has 0 bridgehead atoms. The van der Waals surface area contributed by atoms with Gasteiger partial charge in [0.2, 0.25) is 0 Å². The molecule has 1 aromatic rings. The third kappa shape index (κ3) is 2.28. The monoisotopic (exact) mass is 206 g/mol. The molecular formula is C12H18N2O. The number of aromatic nitrogens is 2. The second-order valence-electron chi connectivity index (χ2n) is 4.26. The first kappa shape index (κ1) is 10.4. The van der Waals surface area contributed by atoms with Crippen molar-refractivity contribution in [2.45, 2.75) is 46.1 Å². The molecule has 0 N–H and O–H groups in total. The molecular weight excluding hydrogens is 188 g/mol. The minimum atomic E-state index is 0.270. The molecule has 1 fully saturated rings. The Morgan fingerprint density at radius 1 is 1.53 bits per heavy atom. The first-order valence-electron chi connectivity index (χ1n) is 5.84. The van der Waals surface area contributed by atoms with E-state index in [9.17, 15) is 4.79 Å². The summed E-state index contributed by atoms with van der Waals surface area (Å²) in [6, 6.07) is 1.95.